The molecular weight excluding hydrogens is 216 g/mol. The van der Waals surface area contributed by atoms with Crippen molar-refractivity contribution in [1.29, 1.82) is 0 Å². The number of nitrogens with zero attached hydrogens (tertiary/aromatic N) is 1. The Morgan fingerprint density at radius 3 is 2.40 bits per heavy atom. The Labute approximate surface area is 88.2 Å². The number of amides is 1. The minimum absolute atomic E-state index is 0.128. The lowest BCUT2D eigenvalue weighted by atomic mass is 10.1. The number of carbonyl (C=O) groups is 1. The van der Waals surface area contributed by atoms with Crippen LogP contribution in [0.1, 0.15) is 18.5 Å². The molecule has 0 aliphatic carbocycles. The summed E-state index contributed by atoms with van der Waals surface area (Å²) in [5.41, 5.74) is 5.56. The largest absolute Gasteiger partial charge is 0.369 e. The monoisotopic (exact) mass is 228 g/mol. The fourth-order valence-electron chi connectivity index (χ4n) is 1.01. The molecule has 1 unspecified atom stereocenters. The highest BCUT2D eigenvalue weighted by atomic mass is 32.2. The average molecular weight is 228 g/mol. The Morgan fingerprint density at radius 1 is 1.47 bits per heavy atom. The number of hydrogen-bond acceptors (Lipinski definition) is 4. The van der Waals surface area contributed by atoms with Gasteiger partial charge in [-0.2, -0.15) is 0 Å². The number of pyridine rings is 1. The highest BCUT2D eigenvalue weighted by Gasteiger charge is 2.14. The van der Waals surface area contributed by atoms with Gasteiger partial charge in [-0.1, -0.05) is 0 Å². The summed E-state index contributed by atoms with van der Waals surface area (Å²) in [6.07, 6.45) is 2.32. The first kappa shape index (κ1) is 11.6. The number of primary amides is 1. The number of nitrogens with two attached hydrogens (primary N) is 1. The normalized spacial score (nSPS) is 13.5. The van der Waals surface area contributed by atoms with Gasteiger partial charge in [0.15, 0.2) is 9.84 Å². The van der Waals surface area contributed by atoms with Crippen LogP contribution in [0.3, 0.4) is 0 Å². The molecule has 0 fully saturated rings. The van der Waals surface area contributed by atoms with Gasteiger partial charge in [-0.25, -0.2) is 8.42 Å². The van der Waals surface area contributed by atoms with E-state index in [4.69, 9.17) is 5.73 Å². The molecule has 1 heterocycles. The van der Waals surface area contributed by atoms with Crippen molar-refractivity contribution in [3.63, 3.8) is 0 Å². The minimum Gasteiger partial charge on any atom is -0.369 e. The molecule has 1 atom stereocenters. The molecule has 0 aromatic carbocycles. The second kappa shape index (κ2) is 3.98. The van der Waals surface area contributed by atoms with E-state index in [-0.39, 0.29) is 4.90 Å². The van der Waals surface area contributed by atoms with E-state index in [1.54, 1.807) is 6.92 Å². The molecule has 0 saturated carbocycles. The predicted molar refractivity (Wildman–Crippen MR) is 55.0 cm³/mol. The van der Waals surface area contributed by atoms with Gasteiger partial charge in [0.2, 0.25) is 5.91 Å². The van der Waals surface area contributed by atoms with Gasteiger partial charge in [0.25, 0.3) is 0 Å². The van der Waals surface area contributed by atoms with Gasteiger partial charge in [-0.15, -0.1) is 0 Å². The molecule has 0 radical (unpaired) electrons. The molecule has 1 amide bonds. The number of hydrogen-bond donors (Lipinski definition) is 1. The number of sulfone groups is 1. The highest BCUT2D eigenvalue weighted by molar-refractivity contribution is 7.90. The second-order valence-corrected chi connectivity index (χ2v) is 5.33. The lowest BCUT2D eigenvalue weighted by Gasteiger charge is -2.06. The Bertz CT molecular complexity index is 465. The zero-order chi connectivity index (χ0) is 11.6. The SMILES string of the molecule is CC(C(N)=O)c1ccc(S(C)(=O)=O)cn1. The van der Waals surface area contributed by atoms with Gasteiger partial charge >= 0.3 is 0 Å². The van der Waals surface area contributed by atoms with Crippen molar-refractivity contribution < 1.29 is 13.2 Å². The van der Waals surface area contributed by atoms with Crippen LogP contribution in [0.5, 0.6) is 0 Å². The van der Waals surface area contributed by atoms with Crippen molar-refractivity contribution in [3.05, 3.63) is 24.0 Å². The summed E-state index contributed by atoms with van der Waals surface area (Å²) in [7, 11) is -3.24. The number of carbonyl (C=O) groups excluding carboxylic acids is 1. The number of rotatable bonds is 3. The molecule has 1 rings (SSSR count). The van der Waals surface area contributed by atoms with Gasteiger partial charge in [-0.3, -0.25) is 9.78 Å². The Hall–Kier alpha value is -1.43. The molecule has 5 nitrogen and oxygen atoms in total. The van der Waals surface area contributed by atoms with Gasteiger partial charge < -0.3 is 5.73 Å². The maximum atomic E-state index is 11.1. The van der Waals surface area contributed by atoms with Gasteiger partial charge in [0, 0.05) is 12.5 Å². The molecule has 0 spiro atoms. The number of aromatic nitrogens is 1. The van der Waals surface area contributed by atoms with E-state index in [1.165, 1.54) is 18.3 Å². The lowest BCUT2D eigenvalue weighted by Crippen LogP contribution is -2.19. The van der Waals surface area contributed by atoms with Crippen molar-refractivity contribution in [2.45, 2.75) is 17.7 Å². The van der Waals surface area contributed by atoms with E-state index in [9.17, 15) is 13.2 Å². The summed E-state index contributed by atoms with van der Waals surface area (Å²) in [5.74, 6) is -1.01. The molecule has 82 valence electrons. The van der Waals surface area contributed by atoms with Gasteiger partial charge in [-0.05, 0) is 19.1 Å². The molecule has 1 aromatic rings. The molecule has 0 aliphatic rings. The Balaban J connectivity index is 3.06. The fraction of sp³-hybridized carbons (Fsp3) is 0.333. The van der Waals surface area contributed by atoms with E-state index in [2.05, 4.69) is 4.98 Å². The maximum absolute atomic E-state index is 11.1. The van der Waals surface area contributed by atoms with Crippen LogP contribution in [-0.2, 0) is 14.6 Å². The van der Waals surface area contributed by atoms with Crippen LogP contribution in [0.25, 0.3) is 0 Å². The highest BCUT2D eigenvalue weighted by Crippen LogP contribution is 2.14. The second-order valence-electron chi connectivity index (χ2n) is 3.31. The lowest BCUT2D eigenvalue weighted by molar-refractivity contribution is -0.119. The van der Waals surface area contributed by atoms with Crippen LogP contribution in [0, 0.1) is 0 Å². The summed E-state index contributed by atoms with van der Waals surface area (Å²) >= 11 is 0. The third kappa shape index (κ3) is 2.76. The van der Waals surface area contributed by atoms with E-state index in [0.717, 1.165) is 6.26 Å². The fourth-order valence-corrected chi connectivity index (χ4v) is 1.57. The van der Waals surface area contributed by atoms with E-state index in [0.29, 0.717) is 5.69 Å². The zero-order valence-electron chi connectivity index (χ0n) is 8.47. The molecule has 0 bridgehead atoms. The van der Waals surface area contributed by atoms with Crippen LogP contribution >= 0.6 is 0 Å². The van der Waals surface area contributed by atoms with E-state index in [1.807, 2.05) is 0 Å². The molecule has 0 saturated heterocycles. The smallest absolute Gasteiger partial charge is 0.226 e. The van der Waals surface area contributed by atoms with Gasteiger partial charge in [0.05, 0.1) is 16.5 Å². The molecule has 15 heavy (non-hydrogen) atoms. The summed E-state index contributed by atoms with van der Waals surface area (Å²) in [5, 5.41) is 0. The first-order chi connectivity index (χ1) is 6.82. The van der Waals surface area contributed by atoms with Crippen LogP contribution < -0.4 is 5.73 Å². The van der Waals surface area contributed by atoms with Crippen molar-refractivity contribution in [3.8, 4) is 0 Å². The van der Waals surface area contributed by atoms with Crippen LogP contribution in [0.4, 0.5) is 0 Å². The summed E-state index contributed by atoms with van der Waals surface area (Å²) in [6.45, 7) is 1.62. The van der Waals surface area contributed by atoms with E-state index >= 15 is 0 Å². The third-order valence-corrected chi connectivity index (χ3v) is 3.16. The van der Waals surface area contributed by atoms with Crippen molar-refractivity contribution in [2.75, 3.05) is 6.26 Å². The van der Waals surface area contributed by atoms with Crippen LogP contribution in [0.15, 0.2) is 23.2 Å². The zero-order valence-corrected chi connectivity index (χ0v) is 9.28. The quantitative estimate of drug-likeness (QED) is 0.792. The molecule has 2 N–H and O–H groups in total. The Morgan fingerprint density at radius 2 is 2.07 bits per heavy atom. The van der Waals surface area contributed by atoms with Crippen molar-refractivity contribution in [1.82, 2.24) is 4.98 Å². The van der Waals surface area contributed by atoms with Crippen molar-refractivity contribution >= 4 is 15.7 Å². The van der Waals surface area contributed by atoms with Crippen LogP contribution in [-0.4, -0.2) is 25.6 Å². The first-order valence-corrected chi connectivity index (χ1v) is 6.17. The summed E-state index contributed by atoms with van der Waals surface area (Å²) < 4.78 is 22.2. The topological polar surface area (TPSA) is 90.1 Å². The van der Waals surface area contributed by atoms with Gasteiger partial charge in [0.1, 0.15) is 0 Å². The van der Waals surface area contributed by atoms with E-state index < -0.39 is 21.7 Å². The molecule has 1 aromatic heterocycles. The summed E-state index contributed by atoms with van der Waals surface area (Å²) in [6, 6.07) is 2.91. The molecular formula is C9H12N2O3S. The minimum atomic E-state index is -3.24. The van der Waals surface area contributed by atoms with Crippen LogP contribution in [0.2, 0.25) is 0 Å². The Kier molecular flexibility index (Phi) is 3.09. The molecule has 6 heteroatoms. The van der Waals surface area contributed by atoms with Crippen molar-refractivity contribution in [2.24, 2.45) is 5.73 Å². The standard InChI is InChI=1S/C9H12N2O3S/c1-6(9(10)12)8-4-3-7(5-11-8)15(2,13)14/h3-6H,1-2H3,(H2,10,12). The maximum Gasteiger partial charge on any atom is 0.226 e. The average Bonchev–Trinajstić information content (AvgIpc) is 2.15. The summed E-state index contributed by atoms with van der Waals surface area (Å²) in [4.78, 5) is 14.9. The predicted octanol–water partition coefficient (Wildman–Crippen LogP) is 0.0739. The molecule has 0 aliphatic heterocycles. The first-order valence-electron chi connectivity index (χ1n) is 4.27. The third-order valence-electron chi connectivity index (χ3n) is 2.06.